The first kappa shape index (κ1) is 20.4. The molecule has 0 atom stereocenters. The van der Waals surface area contributed by atoms with Gasteiger partial charge in [-0.05, 0) is 47.5 Å². The first-order chi connectivity index (χ1) is 15.1. The maximum Gasteiger partial charge on any atom is 0.251 e. The maximum absolute atomic E-state index is 13.9. The molecule has 1 heterocycles. The van der Waals surface area contributed by atoms with Gasteiger partial charge in [-0.3, -0.25) is 4.79 Å². The molecule has 0 aliphatic carbocycles. The van der Waals surface area contributed by atoms with Gasteiger partial charge in [0.25, 0.3) is 5.91 Å². The third kappa shape index (κ3) is 4.50. The monoisotopic (exact) mass is 420 g/mol. The van der Waals surface area contributed by atoms with E-state index in [1.54, 1.807) is 56.7 Å². The Bertz CT molecular complexity index is 1240. The molecule has 0 saturated carbocycles. The molecule has 7 heteroatoms. The number of carbonyl (C=O) groups excluding carboxylic acids is 1. The largest absolute Gasteiger partial charge is 0.493 e. The number of amides is 1. The van der Waals surface area contributed by atoms with Crippen LogP contribution in [0.2, 0.25) is 0 Å². The fraction of sp³-hybridized carbons (Fsp3) is 0.167. The van der Waals surface area contributed by atoms with E-state index in [0.717, 1.165) is 5.56 Å². The molecule has 0 unspecified atom stereocenters. The predicted octanol–water partition coefficient (Wildman–Crippen LogP) is 4.50. The van der Waals surface area contributed by atoms with Crippen molar-refractivity contribution in [3.05, 3.63) is 89.1 Å². The number of ether oxygens (including phenoxy) is 2. The number of benzene rings is 3. The fourth-order valence-corrected chi connectivity index (χ4v) is 3.27. The number of nitrogens with one attached hydrogen (secondary N) is 1. The van der Waals surface area contributed by atoms with Crippen molar-refractivity contribution < 1.29 is 23.1 Å². The fourth-order valence-electron chi connectivity index (χ4n) is 3.27. The number of carbonyl (C=O) groups is 1. The second kappa shape index (κ2) is 8.87. The molecular formula is C24H21FN2O4. The summed E-state index contributed by atoms with van der Waals surface area (Å²) in [4.78, 5) is 17.0. The summed E-state index contributed by atoms with van der Waals surface area (Å²) in [7, 11) is 3.13. The third-order valence-electron chi connectivity index (χ3n) is 4.90. The Hall–Kier alpha value is -3.87. The highest BCUT2D eigenvalue weighted by Gasteiger charge is 2.13. The molecule has 1 N–H and O–H groups in total. The lowest BCUT2D eigenvalue weighted by atomic mass is 10.1. The van der Waals surface area contributed by atoms with Gasteiger partial charge in [-0.25, -0.2) is 9.37 Å². The van der Waals surface area contributed by atoms with Crippen LogP contribution in [0, 0.1) is 5.82 Å². The Kier molecular flexibility index (Phi) is 5.84. The van der Waals surface area contributed by atoms with E-state index in [-0.39, 0.29) is 18.1 Å². The highest BCUT2D eigenvalue weighted by molar-refractivity contribution is 5.97. The van der Waals surface area contributed by atoms with Crippen LogP contribution in [0.5, 0.6) is 11.5 Å². The quantitative estimate of drug-likeness (QED) is 0.476. The number of fused-ring (bicyclic) bond motifs is 1. The molecule has 31 heavy (non-hydrogen) atoms. The van der Waals surface area contributed by atoms with Crippen molar-refractivity contribution in [1.82, 2.24) is 10.3 Å². The summed E-state index contributed by atoms with van der Waals surface area (Å²) in [5.41, 5.74) is 2.91. The van der Waals surface area contributed by atoms with Crippen molar-refractivity contribution in [3.63, 3.8) is 0 Å². The molecule has 0 fully saturated rings. The third-order valence-corrected chi connectivity index (χ3v) is 4.90. The van der Waals surface area contributed by atoms with Gasteiger partial charge >= 0.3 is 0 Å². The van der Waals surface area contributed by atoms with Crippen LogP contribution in [0.1, 0.15) is 27.4 Å². The first-order valence-electron chi connectivity index (χ1n) is 9.69. The standard InChI is InChI=1S/C24H21FN2O4/c1-29-20-10-7-15(11-22(20)30-2)14-26-24(28)17-8-9-19-21(12-17)31-23(27-19)13-16-5-3-4-6-18(16)25/h3-12H,13-14H2,1-2H3,(H,26,28). The number of hydrogen-bond donors (Lipinski definition) is 1. The molecule has 3 aromatic carbocycles. The zero-order valence-corrected chi connectivity index (χ0v) is 17.1. The molecule has 4 aromatic rings. The molecular weight excluding hydrogens is 399 g/mol. The molecule has 1 amide bonds. The van der Waals surface area contributed by atoms with E-state index in [0.29, 0.717) is 46.2 Å². The van der Waals surface area contributed by atoms with E-state index in [9.17, 15) is 9.18 Å². The normalized spacial score (nSPS) is 10.8. The summed E-state index contributed by atoms with van der Waals surface area (Å²) in [5.74, 6) is 1.06. The molecule has 158 valence electrons. The lowest BCUT2D eigenvalue weighted by Gasteiger charge is -2.10. The number of methoxy groups -OCH3 is 2. The van der Waals surface area contributed by atoms with E-state index in [1.807, 2.05) is 12.1 Å². The van der Waals surface area contributed by atoms with Crippen LogP contribution < -0.4 is 14.8 Å². The molecule has 0 aliphatic rings. The minimum atomic E-state index is -0.306. The van der Waals surface area contributed by atoms with Crippen LogP contribution in [0.3, 0.4) is 0 Å². The van der Waals surface area contributed by atoms with Crippen molar-refractivity contribution in [1.29, 1.82) is 0 Å². The van der Waals surface area contributed by atoms with Crippen molar-refractivity contribution in [2.75, 3.05) is 14.2 Å². The number of halogens is 1. The van der Waals surface area contributed by atoms with E-state index in [1.165, 1.54) is 6.07 Å². The SMILES string of the molecule is COc1ccc(CNC(=O)c2ccc3nc(Cc4ccccc4F)oc3c2)cc1OC. The lowest BCUT2D eigenvalue weighted by Crippen LogP contribution is -2.22. The van der Waals surface area contributed by atoms with Crippen LogP contribution >= 0.6 is 0 Å². The van der Waals surface area contributed by atoms with Gasteiger partial charge in [-0.1, -0.05) is 24.3 Å². The van der Waals surface area contributed by atoms with E-state index >= 15 is 0 Å². The molecule has 0 radical (unpaired) electrons. The highest BCUT2D eigenvalue weighted by Crippen LogP contribution is 2.27. The summed E-state index contributed by atoms with van der Waals surface area (Å²) in [6.45, 7) is 0.326. The molecule has 0 saturated heterocycles. The van der Waals surface area contributed by atoms with Crippen LogP contribution in [-0.4, -0.2) is 25.1 Å². The Balaban J connectivity index is 1.46. The maximum atomic E-state index is 13.9. The summed E-state index contributed by atoms with van der Waals surface area (Å²) in [5, 5.41) is 2.88. The minimum absolute atomic E-state index is 0.238. The first-order valence-corrected chi connectivity index (χ1v) is 9.69. The predicted molar refractivity (Wildman–Crippen MR) is 114 cm³/mol. The number of aromatic nitrogens is 1. The van der Waals surface area contributed by atoms with Gasteiger partial charge in [-0.15, -0.1) is 0 Å². The van der Waals surface area contributed by atoms with Gasteiger partial charge in [0.1, 0.15) is 11.3 Å². The molecule has 0 aliphatic heterocycles. The topological polar surface area (TPSA) is 73.6 Å². The molecule has 0 spiro atoms. The average Bonchev–Trinajstić information content (AvgIpc) is 3.20. The van der Waals surface area contributed by atoms with E-state index < -0.39 is 0 Å². The smallest absolute Gasteiger partial charge is 0.251 e. The average molecular weight is 420 g/mol. The zero-order chi connectivity index (χ0) is 21.8. The van der Waals surface area contributed by atoms with E-state index in [4.69, 9.17) is 13.9 Å². The molecule has 4 rings (SSSR count). The summed E-state index contributed by atoms with van der Waals surface area (Å²) in [6, 6.07) is 17.0. The van der Waals surface area contributed by atoms with Crippen molar-refractivity contribution in [2.24, 2.45) is 0 Å². The second-order valence-corrected chi connectivity index (χ2v) is 6.93. The zero-order valence-electron chi connectivity index (χ0n) is 17.1. The Morgan fingerprint density at radius 2 is 1.84 bits per heavy atom. The van der Waals surface area contributed by atoms with Crippen molar-refractivity contribution >= 4 is 17.0 Å². The molecule has 1 aromatic heterocycles. The minimum Gasteiger partial charge on any atom is -0.493 e. The van der Waals surface area contributed by atoms with Crippen LogP contribution in [-0.2, 0) is 13.0 Å². The van der Waals surface area contributed by atoms with Gasteiger partial charge in [0, 0.05) is 12.1 Å². The van der Waals surface area contributed by atoms with Crippen LogP contribution in [0.4, 0.5) is 4.39 Å². The summed E-state index contributed by atoms with van der Waals surface area (Å²) in [6.07, 6.45) is 0.238. The highest BCUT2D eigenvalue weighted by atomic mass is 19.1. The van der Waals surface area contributed by atoms with Crippen LogP contribution in [0.15, 0.2) is 65.1 Å². The van der Waals surface area contributed by atoms with Crippen LogP contribution in [0.25, 0.3) is 11.1 Å². The lowest BCUT2D eigenvalue weighted by molar-refractivity contribution is 0.0951. The number of nitrogens with zero attached hydrogens (tertiary/aromatic N) is 1. The number of oxazole rings is 1. The Morgan fingerprint density at radius 1 is 1.03 bits per heavy atom. The Morgan fingerprint density at radius 3 is 2.61 bits per heavy atom. The van der Waals surface area contributed by atoms with Gasteiger partial charge in [0.05, 0.1) is 20.6 Å². The van der Waals surface area contributed by atoms with Crippen molar-refractivity contribution in [2.45, 2.75) is 13.0 Å². The number of rotatable bonds is 7. The molecule has 6 nitrogen and oxygen atoms in total. The van der Waals surface area contributed by atoms with Gasteiger partial charge in [-0.2, -0.15) is 0 Å². The van der Waals surface area contributed by atoms with Gasteiger partial charge in [0.15, 0.2) is 23.0 Å². The molecule has 0 bridgehead atoms. The van der Waals surface area contributed by atoms with E-state index in [2.05, 4.69) is 10.3 Å². The second-order valence-electron chi connectivity index (χ2n) is 6.93. The number of hydrogen-bond acceptors (Lipinski definition) is 5. The van der Waals surface area contributed by atoms with Gasteiger partial charge < -0.3 is 19.2 Å². The van der Waals surface area contributed by atoms with Crippen molar-refractivity contribution in [3.8, 4) is 11.5 Å². The van der Waals surface area contributed by atoms with Gasteiger partial charge in [0.2, 0.25) is 0 Å². The summed E-state index contributed by atoms with van der Waals surface area (Å²) >= 11 is 0. The Labute approximate surface area is 178 Å². The summed E-state index contributed by atoms with van der Waals surface area (Å²) < 4.78 is 30.1.